The number of amides is 1. The van der Waals surface area contributed by atoms with Crippen molar-refractivity contribution in [3.05, 3.63) is 56.7 Å². The molecule has 0 bridgehead atoms. The number of thiophene rings is 1. The zero-order valence-electron chi connectivity index (χ0n) is 12.8. The molecule has 0 unspecified atom stereocenters. The molecule has 2 aromatic rings. The Morgan fingerprint density at radius 3 is 2.96 bits per heavy atom. The molecule has 7 heteroatoms. The third-order valence-electron chi connectivity index (χ3n) is 4.43. The molecule has 2 aliphatic rings. The zero-order valence-corrected chi connectivity index (χ0v) is 16.0. The Bertz CT molecular complexity index is 792. The largest absolute Gasteiger partial charge is 0.314 e. The molecule has 2 N–H and O–H groups in total. The normalized spacial score (nSPS) is 25.9. The molecular weight excluding hydrogens is 406 g/mol. The second-order valence-corrected chi connectivity index (χ2v) is 8.76. The summed E-state index contributed by atoms with van der Waals surface area (Å²) in [7, 11) is 0. The van der Waals surface area contributed by atoms with Gasteiger partial charge in [-0.25, -0.2) is 4.99 Å². The van der Waals surface area contributed by atoms with Gasteiger partial charge in [0.15, 0.2) is 5.17 Å². The van der Waals surface area contributed by atoms with Crippen molar-refractivity contribution in [3.63, 3.8) is 0 Å². The molecule has 124 valence electrons. The standard InChI is InChI=1S/C17H16BrN3OS2/c18-13-6-14(23-9-13)17-10-19-7-12(17)8-24-16(21-17)20-15(22)11-4-2-1-3-5-11/h1-6,9,12,19H,7-8,10H2,(H,20,21,22)/t12-,17-/m0/s1. The number of nitrogens with one attached hydrogen (secondary N) is 2. The summed E-state index contributed by atoms with van der Waals surface area (Å²) in [5.41, 5.74) is 0.390. The maximum Gasteiger partial charge on any atom is 0.257 e. The number of rotatable bonds is 2. The summed E-state index contributed by atoms with van der Waals surface area (Å²) in [6, 6.07) is 11.4. The molecule has 2 atom stereocenters. The second-order valence-electron chi connectivity index (χ2n) is 5.93. The van der Waals surface area contributed by atoms with E-state index in [2.05, 4.69) is 38.0 Å². The molecule has 0 spiro atoms. The number of thioether (sulfide) groups is 1. The van der Waals surface area contributed by atoms with Crippen LogP contribution in [0.3, 0.4) is 0 Å². The molecule has 1 aromatic carbocycles. The number of aliphatic imine (C=N–C) groups is 1. The average molecular weight is 422 g/mol. The van der Waals surface area contributed by atoms with E-state index in [1.165, 1.54) is 4.88 Å². The molecule has 2 aliphatic heterocycles. The fourth-order valence-corrected chi connectivity index (χ4v) is 5.97. The van der Waals surface area contributed by atoms with Crippen molar-refractivity contribution in [2.45, 2.75) is 5.54 Å². The maximum atomic E-state index is 12.4. The molecule has 4 nitrogen and oxygen atoms in total. The summed E-state index contributed by atoms with van der Waals surface area (Å²) < 4.78 is 1.09. The summed E-state index contributed by atoms with van der Waals surface area (Å²) in [6.45, 7) is 1.78. The van der Waals surface area contributed by atoms with Crippen LogP contribution in [0.4, 0.5) is 0 Å². The van der Waals surface area contributed by atoms with E-state index in [0.717, 1.165) is 23.3 Å². The van der Waals surface area contributed by atoms with Gasteiger partial charge in [0.2, 0.25) is 0 Å². The number of carbonyl (C=O) groups excluding carboxylic acids is 1. The minimum atomic E-state index is -0.263. The average Bonchev–Trinajstić information content (AvgIpc) is 3.22. The van der Waals surface area contributed by atoms with Crippen LogP contribution in [0.1, 0.15) is 15.2 Å². The molecule has 4 rings (SSSR count). The highest BCUT2D eigenvalue weighted by atomic mass is 79.9. The Balaban J connectivity index is 1.63. The van der Waals surface area contributed by atoms with Crippen LogP contribution in [0.2, 0.25) is 0 Å². The number of carbonyl (C=O) groups is 1. The number of halogens is 1. The van der Waals surface area contributed by atoms with Crippen LogP contribution in [0.15, 0.2) is 51.2 Å². The van der Waals surface area contributed by atoms with Gasteiger partial charge in [-0.15, -0.1) is 11.3 Å². The van der Waals surface area contributed by atoms with Crippen LogP contribution in [-0.2, 0) is 5.54 Å². The van der Waals surface area contributed by atoms with Gasteiger partial charge in [-0.2, -0.15) is 0 Å². The van der Waals surface area contributed by atoms with E-state index in [1.807, 2.05) is 30.3 Å². The molecule has 1 fully saturated rings. The Morgan fingerprint density at radius 2 is 2.21 bits per heavy atom. The Hall–Kier alpha value is -1.15. The lowest BCUT2D eigenvalue weighted by Gasteiger charge is -2.34. The highest BCUT2D eigenvalue weighted by Crippen LogP contribution is 2.45. The Morgan fingerprint density at radius 1 is 1.38 bits per heavy atom. The van der Waals surface area contributed by atoms with Crippen molar-refractivity contribution in [3.8, 4) is 0 Å². The van der Waals surface area contributed by atoms with Crippen molar-refractivity contribution >= 4 is 50.1 Å². The highest BCUT2D eigenvalue weighted by Gasteiger charge is 2.48. The molecule has 3 heterocycles. The molecule has 1 aromatic heterocycles. The van der Waals surface area contributed by atoms with Crippen LogP contribution in [0, 0.1) is 5.92 Å². The first-order chi connectivity index (χ1) is 11.7. The summed E-state index contributed by atoms with van der Waals surface area (Å²) in [4.78, 5) is 18.7. The fraction of sp³-hybridized carbons (Fsp3) is 0.294. The van der Waals surface area contributed by atoms with Gasteiger partial charge in [0, 0.05) is 45.1 Å². The van der Waals surface area contributed by atoms with Crippen LogP contribution >= 0.6 is 39.0 Å². The van der Waals surface area contributed by atoms with E-state index in [-0.39, 0.29) is 11.4 Å². The van der Waals surface area contributed by atoms with Crippen LogP contribution in [0.5, 0.6) is 0 Å². The molecule has 0 radical (unpaired) electrons. The van der Waals surface area contributed by atoms with E-state index >= 15 is 0 Å². The number of nitrogens with zero attached hydrogens (tertiary/aromatic N) is 1. The molecule has 24 heavy (non-hydrogen) atoms. The minimum Gasteiger partial charge on any atom is -0.314 e. The lowest BCUT2D eigenvalue weighted by molar-refractivity contribution is 0.0977. The van der Waals surface area contributed by atoms with E-state index in [1.54, 1.807) is 23.1 Å². The Kier molecular flexibility index (Phi) is 4.51. The monoisotopic (exact) mass is 421 g/mol. The van der Waals surface area contributed by atoms with E-state index in [4.69, 9.17) is 4.99 Å². The van der Waals surface area contributed by atoms with Gasteiger partial charge in [0.25, 0.3) is 5.91 Å². The third-order valence-corrected chi connectivity index (χ3v) is 7.33. The molecular formula is C17H16BrN3OS2. The third kappa shape index (κ3) is 2.94. The van der Waals surface area contributed by atoms with Crippen molar-refractivity contribution in [2.75, 3.05) is 18.8 Å². The van der Waals surface area contributed by atoms with Crippen molar-refractivity contribution in [1.82, 2.24) is 10.6 Å². The first-order valence-electron chi connectivity index (χ1n) is 7.72. The topological polar surface area (TPSA) is 53.5 Å². The Labute approximate surface area is 157 Å². The predicted molar refractivity (Wildman–Crippen MR) is 104 cm³/mol. The van der Waals surface area contributed by atoms with Crippen LogP contribution in [0.25, 0.3) is 0 Å². The number of amidine groups is 1. The van der Waals surface area contributed by atoms with Gasteiger partial charge in [-0.3, -0.25) is 4.79 Å². The summed E-state index contributed by atoms with van der Waals surface area (Å²) in [5, 5.41) is 9.28. The van der Waals surface area contributed by atoms with Crippen LogP contribution < -0.4 is 10.6 Å². The molecule has 0 saturated carbocycles. The number of hydrogen-bond donors (Lipinski definition) is 2. The summed E-state index contributed by atoms with van der Waals surface area (Å²) in [5.74, 6) is 1.30. The lowest BCUT2D eigenvalue weighted by atomic mass is 9.87. The van der Waals surface area contributed by atoms with E-state index in [9.17, 15) is 4.79 Å². The number of hydrogen-bond acceptors (Lipinski definition) is 5. The molecule has 1 amide bonds. The second kappa shape index (κ2) is 6.63. The zero-order chi connectivity index (χ0) is 16.6. The smallest absolute Gasteiger partial charge is 0.257 e. The van der Waals surface area contributed by atoms with E-state index in [0.29, 0.717) is 16.6 Å². The first kappa shape index (κ1) is 16.3. The maximum absolute atomic E-state index is 12.4. The van der Waals surface area contributed by atoms with Gasteiger partial charge >= 0.3 is 0 Å². The van der Waals surface area contributed by atoms with Gasteiger partial charge in [0.05, 0.1) is 0 Å². The molecule has 1 saturated heterocycles. The minimum absolute atomic E-state index is 0.103. The first-order valence-corrected chi connectivity index (χ1v) is 10.4. The van der Waals surface area contributed by atoms with Gasteiger partial charge in [-0.1, -0.05) is 30.0 Å². The van der Waals surface area contributed by atoms with Crippen molar-refractivity contribution in [1.29, 1.82) is 0 Å². The molecule has 0 aliphatic carbocycles. The van der Waals surface area contributed by atoms with Crippen LogP contribution in [-0.4, -0.2) is 29.9 Å². The number of fused-ring (bicyclic) bond motifs is 1. The number of benzene rings is 1. The van der Waals surface area contributed by atoms with Gasteiger partial charge in [0.1, 0.15) is 5.54 Å². The highest BCUT2D eigenvalue weighted by molar-refractivity contribution is 9.10. The SMILES string of the molecule is O=C(NC1=N[C@@]2(c3cc(Br)cs3)CNC[C@H]2CS1)c1ccccc1. The fourth-order valence-electron chi connectivity index (χ4n) is 3.18. The quantitative estimate of drug-likeness (QED) is 0.780. The predicted octanol–water partition coefficient (Wildman–Crippen LogP) is 3.46. The summed E-state index contributed by atoms with van der Waals surface area (Å²) in [6.07, 6.45) is 0. The van der Waals surface area contributed by atoms with E-state index < -0.39 is 0 Å². The van der Waals surface area contributed by atoms with Gasteiger partial charge < -0.3 is 10.6 Å². The summed E-state index contributed by atoms with van der Waals surface area (Å²) >= 11 is 6.90. The van der Waals surface area contributed by atoms with Gasteiger partial charge in [-0.05, 0) is 34.1 Å². The lowest BCUT2D eigenvalue weighted by Crippen LogP contribution is -2.42. The van der Waals surface area contributed by atoms with Crippen molar-refractivity contribution in [2.24, 2.45) is 10.9 Å². The van der Waals surface area contributed by atoms with Crippen molar-refractivity contribution < 1.29 is 4.79 Å².